The van der Waals surface area contributed by atoms with E-state index in [-0.39, 0.29) is 12.4 Å². The Morgan fingerprint density at radius 1 is 1.30 bits per heavy atom. The molecule has 0 bridgehead atoms. The second-order valence-corrected chi connectivity index (χ2v) is 7.85. The number of carbonyl (C=O) groups is 1. The Labute approximate surface area is 142 Å². The summed E-state index contributed by atoms with van der Waals surface area (Å²) < 4.78 is 4.99. The molecule has 1 rings (SSSR count). The molecule has 0 saturated heterocycles. The van der Waals surface area contributed by atoms with Crippen LogP contribution in [-0.2, 0) is 9.53 Å². The van der Waals surface area contributed by atoms with E-state index in [9.17, 15) is 9.90 Å². The molecule has 0 aromatic rings. The second-order valence-electron chi connectivity index (χ2n) is 7.85. The number of hydrogen-bond acceptors (Lipinski definition) is 3. The average molecular weight is 325 g/mol. The molecule has 134 valence electrons. The van der Waals surface area contributed by atoms with Crippen molar-refractivity contribution in [2.75, 3.05) is 6.61 Å². The van der Waals surface area contributed by atoms with Crippen LogP contribution in [0.15, 0.2) is 11.6 Å². The number of aliphatic hydroxyl groups is 1. The van der Waals surface area contributed by atoms with Gasteiger partial charge in [-0.25, -0.2) is 0 Å². The van der Waals surface area contributed by atoms with Gasteiger partial charge in [0.1, 0.15) is 0 Å². The second kappa shape index (κ2) is 9.46. The largest absolute Gasteiger partial charge is 0.466 e. The molecule has 0 fully saturated rings. The number of allylic oxidation sites excluding steroid dienone is 1. The van der Waals surface area contributed by atoms with E-state index < -0.39 is 5.60 Å². The average Bonchev–Trinajstić information content (AvgIpc) is 2.44. The molecule has 0 aromatic heterocycles. The molecule has 0 spiro atoms. The first kappa shape index (κ1) is 20.2. The first-order chi connectivity index (χ1) is 10.8. The van der Waals surface area contributed by atoms with Gasteiger partial charge in [0, 0.05) is 0 Å². The van der Waals surface area contributed by atoms with Crippen molar-refractivity contribution in [2.45, 2.75) is 85.2 Å². The summed E-state index contributed by atoms with van der Waals surface area (Å²) in [6.07, 6.45) is 8.24. The van der Waals surface area contributed by atoms with Gasteiger partial charge in [-0.3, -0.25) is 4.79 Å². The maximum Gasteiger partial charge on any atom is 0.309 e. The number of rotatable bonds is 9. The smallest absolute Gasteiger partial charge is 0.309 e. The SMILES string of the molecule is CCOC(=O)CC1(O)C=C(CC(C)CCC(C)C(C)C)CCC1. The van der Waals surface area contributed by atoms with Crippen molar-refractivity contribution in [2.24, 2.45) is 17.8 Å². The zero-order valence-electron chi connectivity index (χ0n) is 15.7. The zero-order chi connectivity index (χ0) is 17.5. The van der Waals surface area contributed by atoms with Gasteiger partial charge in [0.05, 0.1) is 18.6 Å². The van der Waals surface area contributed by atoms with Gasteiger partial charge >= 0.3 is 5.97 Å². The lowest BCUT2D eigenvalue weighted by Gasteiger charge is -2.30. The Morgan fingerprint density at radius 3 is 2.61 bits per heavy atom. The Bertz CT molecular complexity index is 400. The summed E-state index contributed by atoms with van der Waals surface area (Å²) in [7, 11) is 0. The Hall–Kier alpha value is -0.830. The maximum atomic E-state index is 11.7. The standard InChI is InChI=1S/C20H36O3/c1-6-23-19(21)14-20(22)11-7-8-18(13-20)12-16(4)9-10-17(5)15(2)3/h13,15-17,22H,6-12,14H2,1-5H3. The van der Waals surface area contributed by atoms with Gasteiger partial charge in [0.25, 0.3) is 0 Å². The molecule has 3 unspecified atom stereocenters. The fourth-order valence-electron chi connectivity index (χ4n) is 3.34. The van der Waals surface area contributed by atoms with Crippen LogP contribution in [0.5, 0.6) is 0 Å². The van der Waals surface area contributed by atoms with Crippen LogP contribution in [0.3, 0.4) is 0 Å². The molecule has 0 amide bonds. The van der Waals surface area contributed by atoms with E-state index in [0.717, 1.165) is 31.1 Å². The lowest BCUT2D eigenvalue weighted by atomic mass is 9.80. The molecular weight excluding hydrogens is 288 g/mol. The summed E-state index contributed by atoms with van der Waals surface area (Å²) in [6, 6.07) is 0. The Kier molecular flexibility index (Phi) is 8.32. The third-order valence-electron chi connectivity index (χ3n) is 5.20. The number of esters is 1. The highest BCUT2D eigenvalue weighted by atomic mass is 16.5. The van der Waals surface area contributed by atoms with Crippen LogP contribution in [0.1, 0.15) is 79.6 Å². The Balaban J connectivity index is 2.53. The van der Waals surface area contributed by atoms with Crippen molar-refractivity contribution in [3.63, 3.8) is 0 Å². The fourth-order valence-corrected chi connectivity index (χ4v) is 3.34. The third-order valence-corrected chi connectivity index (χ3v) is 5.20. The van der Waals surface area contributed by atoms with Crippen LogP contribution in [0, 0.1) is 17.8 Å². The van der Waals surface area contributed by atoms with Crippen LogP contribution in [0.25, 0.3) is 0 Å². The minimum Gasteiger partial charge on any atom is -0.466 e. The van der Waals surface area contributed by atoms with E-state index in [0.29, 0.717) is 18.9 Å². The molecule has 0 saturated carbocycles. The maximum absolute atomic E-state index is 11.7. The molecule has 1 aliphatic rings. The first-order valence-corrected chi connectivity index (χ1v) is 9.34. The van der Waals surface area contributed by atoms with E-state index >= 15 is 0 Å². The van der Waals surface area contributed by atoms with Gasteiger partial charge in [-0.2, -0.15) is 0 Å². The molecule has 3 heteroatoms. The van der Waals surface area contributed by atoms with Crippen molar-refractivity contribution in [3.8, 4) is 0 Å². The van der Waals surface area contributed by atoms with Crippen molar-refractivity contribution < 1.29 is 14.6 Å². The van der Waals surface area contributed by atoms with Crippen molar-refractivity contribution in [1.29, 1.82) is 0 Å². The van der Waals surface area contributed by atoms with Crippen molar-refractivity contribution >= 4 is 5.97 Å². The van der Waals surface area contributed by atoms with E-state index in [1.165, 1.54) is 18.4 Å². The molecule has 0 heterocycles. The normalized spacial score (nSPS) is 24.2. The van der Waals surface area contributed by atoms with Gasteiger partial charge in [0.2, 0.25) is 0 Å². The molecule has 1 aliphatic carbocycles. The highest BCUT2D eigenvalue weighted by Gasteiger charge is 2.31. The summed E-state index contributed by atoms with van der Waals surface area (Å²) >= 11 is 0. The zero-order valence-corrected chi connectivity index (χ0v) is 15.7. The number of ether oxygens (including phenoxy) is 1. The molecule has 1 N–H and O–H groups in total. The molecule has 0 radical (unpaired) electrons. The highest BCUT2D eigenvalue weighted by Crippen LogP contribution is 2.33. The van der Waals surface area contributed by atoms with Gasteiger partial charge in [-0.05, 0) is 50.4 Å². The van der Waals surface area contributed by atoms with Crippen LogP contribution in [0.2, 0.25) is 0 Å². The summed E-state index contributed by atoms with van der Waals surface area (Å²) in [4.78, 5) is 11.7. The Morgan fingerprint density at radius 2 is 2.00 bits per heavy atom. The number of hydrogen-bond donors (Lipinski definition) is 1. The molecule has 0 aliphatic heterocycles. The lowest BCUT2D eigenvalue weighted by molar-refractivity contribution is -0.147. The lowest BCUT2D eigenvalue weighted by Crippen LogP contribution is -2.33. The van der Waals surface area contributed by atoms with Gasteiger partial charge in [0.15, 0.2) is 0 Å². The third kappa shape index (κ3) is 7.52. The van der Waals surface area contributed by atoms with Crippen molar-refractivity contribution in [3.05, 3.63) is 11.6 Å². The topological polar surface area (TPSA) is 46.5 Å². The monoisotopic (exact) mass is 324 g/mol. The van der Waals surface area contributed by atoms with E-state index in [1.54, 1.807) is 6.92 Å². The first-order valence-electron chi connectivity index (χ1n) is 9.34. The minimum atomic E-state index is -0.995. The van der Waals surface area contributed by atoms with Gasteiger partial charge < -0.3 is 9.84 Å². The van der Waals surface area contributed by atoms with Crippen molar-refractivity contribution in [1.82, 2.24) is 0 Å². The highest BCUT2D eigenvalue weighted by molar-refractivity contribution is 5.71. The van der Waals surface area contributed by atoms with Crippen LogP contribution < -0.4 is 0 Å². The van der Waals surface area contributed by atoms with Gasteiger partial charge in [-0.15, -0.1) is 0 Å². The molecular formula is C20H36O3. The van der Waals surface area contributed by atoms with Gasteiger partial charge in [-0.1, -0.05) is 52.2 Å². The van der Waals surface area contributed by atoms with Crippen LogP contribution in [-0.4, -0.2) is 23.3 Å². The predicted octanol–water partition coefficient (Wildman–Crippen LogP) is 4.88. The molecule has 0 aromatic carbocycles. The summed E-state index contributed by atoms with van der Waals surface area (Å²) in [5.41, 5.74) is 0.317. The summed E-state index contributed by atoms with van der Waals surface area (Å²) in [5.74, 6) is 1.84. The summed E-state index contributed by atoms with van der Waals surface area (Å²) in [6.45, 7) is 11.4. The van der Waals surface area contributed by atoms with E-state index in [4.69, 9.17) is 4.74 Å². The summed E-state index contributed by atoms with van der Waals surface area (Å²) in [5, 5.41) is 10.7. The van der Waals surface area contributed by atoms with Crippen LogP contribution in [0.4, 0.5) is 0 Å². The molecule has 3 nitrogen and oxygen atoms in total. The molecule has 3 atom stereocenters. The minimum absolute atomic E-state index is 0.0864. The predicted molar refractivity (Wildman–Crippen MR) is 95.2 cm³/mol. The molecule has 23 heavy (non-hydrogen) atoms. The number of carbonyl (C=O) groups excluding carboxylic acids is 1. The van der Waals surface area contributed by atoms with E-state index in [2.05, 4.69) is 27.7 Å². The van der Waals surface area contributed by atoms with Crippen LogP contribution >= 0.6 is 0 Å². The fraction of sp³-hybridized carbons (Fsp3) is 0.850. The quantitative estimate of drug-likeness (QED) is 0.486. The van der Waals surface area contributed by atoms with E-state index in [1.807, 2.05) is 6.08 Å².